The standard InChI is InChI=1S/C17H33N3O8/c1-11(22)20-14-16(25)15(24)12(9-21)28-17(14)27-7-4-2-3-6-19-13(23)10-26-8-5-18/h12,14-17,21,24-25H,2-10,18H2,1H3,(H,19,23)(H,20,22)/t12-,14-,15+,16-,17-/m1/s1. The lowest BCUT2D eigenvalue weighted by atomic mass is 9.97. The van der Waals surface area contributed by atoms with E-state index in [1.54, 1.807) is 0 Å². The van der Waals surface area contributed by atoms with Gasteiger partial charge in [0.2, 0.25) is 11.8 Å². The zero-order chi connectivity index (χ0) is 20.9. The molecule has 0 aliphatic carbocycles. The molecular formula is C17H33N3O8. The zero-order valence-corrected chi connectivity index (χ0v) is 16.2. The Morgan fingerprint density at radius 3 is 2.54 bits per heavy atom. The van der Waals surface area contributed by atoms with Crippen LogP contribution in [-0.2, 0) is 23.8 Å². The number of unbranched alkanes of at least 4 members (excludes halogenated alkanes) is 2. The summed E-state index contributed by atoms with van der Waals surface area (Å²) in [6, 6.07) is -0.942. The second-order valence-corrected chi connectivity index (χ2v) is 6.56. The fraction of sp³-hybridized carbons (Fsp3) is 0.882. The molecular weight excluding hydrogens is 374 g/mol. The SMILES string of the molecule is CC(=O)N[C@H]1[C@H](OCCCCCNC(=O)COCCN)O[C@H](CO)[C@H](O)[C@@H]1O. The summed E-state index contributed by atoms with van der Waals surface area (Å²) in [6.07, 6.45) is -2.46. The van der Waals surface area contributed by atoms with Crippen LogP contribution in [0.3, 0.4) is 0 Å². The maximum atomic E-state index is 11.4. The van der Waals surface area contributed by atoms with Crippen molar-refractivity contribution in [2.45, 2.75) is 56.8 Å². The van der Waals surface area contributed by atoms with E-state index in [1.165, 1.54) is 6.92 Å². The second kappa shape index (κ2) is 13.8. The van der Waals surface area contributed by atoms with Gasteiger partial charge in [-0.1, -0.05) is 0 Å². The van der Waals surface area contributed by atoms with Gasteiger partial charge in [0.15, 0.2) is 6.29 Å². The number of amides is 2. The normalized spacial score (nSPS) is 27.4. The van der Waals surface area contributed by atoms with E-state index in [0.717, 1.165) is 12.8 Å². The molecule has 2 amide bonds. The highest BCUT2D eigenvalue weighted by molar-refractivity contribution is 5.77. The smallest absolute Gasteiger partial charge is 0.245 e. The van der Waals surface area contributed by atoms with Gasteiger partial charge < -0.3 is 45.9 Å². The fourth-order valence-electron chi connectivity index (χ4n) is 2.74. The third kappa shape index (κ3) is 8.78. The van der Waals surface area contributed by atoms with Crippen LogP contribution in [0.1, 0.15) is 26.2 Å². The van der Waals surface area contributed by atoms with E-state index in [9.17, 15) is 24.9 Å². The van der Waals surface area contributed by atoms with Gasteiger partial charge in [-0.25, -0.2) is 0 Å². The highest BCUT2D eigenvalue weighted by Crippen LogP contribution is 2.22. The molecule has 0 aromatic carbocycles. The van der Waals surface area contributed by atoms with Gasteiger partial charge in [0.1, 0.15) is 31.0 Å². The predicted octanol–water partition coefficient (Wildman–Crippen LogP) is -2.79. The van der Waals surface area contributed by atoms with E-state index < -0.39 is 43.2 Å². The Bertz CT molecular complexity index is 468. The van der Waals surface area contributed by atoms with Crippen LogP contribution in [0.25, 0.3) is 0 Å². The summed E-state index contributed by atoms with van der Waals surface area (Å²) in [7, 11) is 0. The lowest BCUT2D eigenvalue weighted by molar-refractivity contribution is -0.270. The summed E-state index contributed by atoms with van der Waals surface area (Å²) in [5, 5.41) is 34.6. The largest absolute Gasteiger partial charge is 0.394 e. The van der Waals surface area contributed by atoms with E-state index in [0.29, 0.717) is 26.1 Å². The Morgan fingerprint density at radius 1 is 1.14 bits per heavy atom. The minimum atomic E-state index is -1.33. The molecule has 7 N–H and O–H groups in total. The van der Waals surface area contributed by atoms with Crippen LogP contribution in [0.15, 0.2) is 0 Å². The van der Waals surface area contributed by atoms with Crippen molar-refractivity contribution in [3.63, 3.8) is 0 Å². The van der Waals surface area contributed by atoms with Crippen molar-refractivity contribution in [3.05, 3.63) is 0 Å². The highest BCUT2D eigenvalue weighted by Gasteiger charge is 2.45. The summed E-state index contributed by atoms with van der Waals surface area (Å²) in [6.45, 7) is 2.30. The molecule has 28 heavy (non-hydrogen) atoms. The average molecular weight is 407 g/mol. The maximum absolute atomic E-state index is 11.4. The molecule has 0 aromatic rings. The van der Waals surface area contributed by atoms with Crippen LogP contribution in [0.4, 0.5) is 0 Å². The van der Waals surface area contributed by atoms with Gasteiger partial charge in [0, 0.05) is 26.6 Å². The second-order valence-electron chi connectivity index (χ2n) is 6.56. The van der Waals surface area contributed by atoms with Crippen LogP contribution in [0, 0.1) is 0 Å². The Kier molecular flexibility index (Phi) is 12.1. The Morgan fingerprint density at radius 2 is 1.89 bits per heavy atom. The molecule has 11 heteroatoms. The quantitative estimate of drug-likeness (QED) is 0.176. The van der Waals surface area contributed by atoms with Crippen LogP contribution < -0.4 is 16.4 Å². The van der Waals surface area contributed by atoms with E-state index in [1.807, 2.05) is 0 Å². The van der Waals surface area contributed by atoms with Crippen LogP contribution in [-0.4, -0.2) is 97.3 Å². The number of hydrogen-bond donors (Lipinski definition) is 6. The third-order valence-corrected chi connectivity index (χ3v) is 4.17. The Balaban J connectivity index is 2.27. The number of hydrogen-bond acceptors (Lipinski definition) is 9. The molecule has 0 aromatic heterocycles. The van der Waals surface area contributed by atoms with Gasteiger partial charge in [-0.05, 0) is 19.3 Å². The summed E-state index contributed by atoms with van der Waals surface area (Å²) >= 11 is 0. The first kappa shape index (κ1) is 24.7. The van der Waals surface area contributed by atoms with E-state index >= 15 is 0 Å². The zero-order valence-electron chi connectivity index (χ0n) is 16.2. The number of carbonyl (C=O) groups excluding carboxylic acids is 2. The predicted molar refractivity (Wildman–Crippen MR) is 98.1 cm³/mol. The summed E-state index contributed by atoms with van der Waals surface area (Å²) in [4.78, 5) is 22.8. The first-order chi connectivity index (χ1) is 13.4. The van der Waals surface area contributed by atoms with Gasteiger partial charge in [-0.2, -0.15) is 0 Å². The molecule has 1 heterocycles. The van der Waals surface area contributed by atoms with Crippen molar-refractivity contribution >= 4 is 11.8 Å². The van der Waals surface area contributed by atoms with Crippen molar-refractivity contribution < 1.29 is 39.1 Å². The first-order valence-electron chi connectivity index (χ1n) is 9.46. The number of ether oxygens (including phenoxy) is 3. The van der Waals surface area contributed by atoms with Gasteiger partial charge in [0.25, 0.3) is 0 Å². The minimum absolute atomic E-state index is 0.00985. The molecule has 0 saturated carbocycles. The van der Waals surface area contributed by atoms with Gasteiger partial charge >= 0.3 is 0 Å². The molecule has 0 unspecified atom stereocenters. The Hall–Kier alpha value is -1.34. The number of carbonyl (C=O) groups is 2. The van der Waals surface area contributed by atoms with E-state index in [2.05, 4.69) is 10.6 Å². The highest BCUT2D eigenvalue weighted by atomic mass is 16.7. The molecule has 1 fully saturated rings. The fourth-order valence-corrected chi connectivity index (χ4v) is 2.74. The van der Waals surface area contributed by atoms with Crippen molar-refractivity contribution in [1.82, 2.24) is 10.6 Å². The molecule has 0 spiro atoms. The van der Waals surface area contributed by atoms with Gasteiger partial charge in [-0.15, -0.1) is 0 Å². The molecule has 1 rings (SSSR count). The van der Waals surface area contributed by atoms with Crippen molar-refractivity contribution in [2.75, 3.05) is 39.5 Å². The summed E-state index contributed by atoms with van der Waals surface area (Å²) < 4.78 is 16.1. The van der Waals surface area contributed by atoms with Gasteiger partial charge in [0.05, 0.1) is 13.2 Å². The number of rotatable bonds is 13. The Labute approximate surface area is 164 Å². The lowest BCUT2D eigenvalue weighted by Gasteiger charge is -2.42. The summed E-state index contributed by atoms with van der Waals surface area (Å²) in [5.41, 5.74) is 5.26. The maximum Gasteiger partial charge on any atom is 0.245 e. The molecule has 164 valence electrons. The third-order valence-electron chi connectivity index (χ3n) is 4.17. The number of nitrogens with one attached hydrogen (secondary N) is 2. The average Bonchev–Trinajstić information content (AvgIpc) is 2.66. The molecule has 1 aliphatic heterocycles. The molecule has 5 atom stereocenters. The molecule has 0 radical (unpaired) electrons. The van der Waals surface area contributed by atoms with Crippen LogP contribution >= 0.6 is 0 Å². The number of aliphatic hydroxyl groups excluding tert-OH is 3. The van der Waals surface area contributed by atoms with Crippen molar-refractivity contribution in [2.24, 2.45) is 5.73 Å². The summed E-state index contributed by atoms with van der Waals surface area (Å²) in [5.74, 6) is -0.594. The molecule has 1 saturated heterocycles. The monoisotopic (exact) mass is 407 g/mol. The number of nitrogens with two attached hydrogens (primary N) is 1. The van der Waals surface area contributed by atoms with Gasteiger partial charge in [-0.3, -0.25) is 9.59 Å². The first-order valence-corrected chi connectivity index (χ1v) is 9.46. The van der Waals surface area contributed by atoms with Crippen LogP contribution in [0.2, 0.25) is 0 Å². The molecule has 11 nitrogen and oxygen atoms in total. The van der Waals surface area contributed by atoms with Crippen LogP contribution in [0.5, 0.6) is 0 Å². The van der Waals surface area contributed by atoms with Crippen molar-refractivity contribution in [3.8, 4) is 0 Å². The minimum Gasteiger partial charge on any atom is -0.394 e. The van der Waals surface area contributed by atoms with Crippen molar-refractivity contribution in [1.29, 1.82) is 0 Å². The molecule has 1 aliphatic rings. The topological polar surface area (TPSA) is 173 Å². The van der Waals surface area contributed by atoms with E-state index in [-0.39, 0.29) is 19.1 Å². The molecule has 0 bridgehead atoms. The number of aliphatic hydroxyl groups is 3. The van der Waals surface area contributed by atoms with E-state index in [4.69, 9.17) is 19.9 Å². The lowest BCUT2D eigenvalue weighted by Crippen LogP contribution is -2.64.